The lowest BCUT2D eigenvalue weighted by Gasteiger charge is -2.32. The Hall–Kier alpha value is -2.38. The number of carboxylic acids is 1. The quantitative estimate of drug-likeness (QED) is 0.845. The molecule has 0 saturated carbocycles. The predicted molar refractivity (Wildman–Crippen MR) is 100 cm³/mol. The van der Waals surface area contributed by atoms with Gasteiger partial charge in [0.1, 0.15) is 0 Å². The van der Waals surface area contributed by atoms with Crippen molar-refractivity contribution in [2.75, 3.05) is 19.7 Å². The predicted octanol–water partition coefficient (Wildman–Crippen LogP) is 2.39. The van der Waals surface area contributed by atoms with Crippen LogP contribution in [-0.2, 0) is 20.7 Å². The lowest BCUT2D eigenvalue weighted by molar-refractivity contribution is -0.147. The molecule has 1 aliphatic heterocycles. The number of aromatic nitrogens is 2. The minimum atomic E-state index is -0.926. The first kappa shape index (κ1) is 19.4. The number of hydrogen-bond donors (Lipinski definition) is 1. The van der Waals surface area contributed by atoms with E-state index >= 15 is 0 Å². The minimum absolute atomic E-state index is 0.0458. The molecule has 0 bridgehead atoms. The maximum Gasteiger partial charge on any atom is 0.306 e. The Bertz CT molecular complexity index is 847. The fourth-order valence-corrected chi connectivity index (χ4v) is 3.42. The van der Waals surface area contributed by atoms with E-state index < -0.39 is 12.1 Å². The molecule has 1 N–H and O–H groups in total. The van der Waals surface area contributed by atoms with Gasteiger partial charge in [0.15, 0.2) is 0 Å². The molecule has 1 atom stereocenters. The molecule has 1 aromatic heterocycles. The zero-order valence-electron chi connectivity index (χ0n) is 15.3. The van der Waals surface area contributed by atoms with Crippen molar-refractivity contribution in [2.24, 2.45) is 0 Å². The number of hydrogen-bond acceptors (Lipinski definition) is 4. The van der Waals surface area contributed by atoms with Gasteiger partial charge in [-0.25, -0.2) is 4.68 Å². The third kappa shape index (κ3) is 4.48. The molecule has 0 spiro atoms. The number of carboxylic acid groups (broad SMARTS) is 1. The summed E-state index contributed by atoms with van der Waals surface area (Å²) >= 11 is 5.95. The first-order valence-corrected chi connectivity index (χ1v) is 9.15. The number of carbonyl (C=O) groups excluding carboxylic acids is 1. The summed E-state index contributed by atoms with van der Waals surface area (Å²) in [6.07, 6.45) is -0.333. The van der Waals surface area contributed by atoms with E-state index in [0.29, 0.717) is 24.7 Å². The smallest absolute Gasteiger partial charge is 0.306 e. The molecule has 0 radical (unpaired) electrons. The van der Waals surface area contributed by atoms with Crippen LogP contribution in [0.2, 0.25) is 5.02 Å². The van der Waals surface area contributed by atoms with Gasteiger partial charge in [0.25, 0.3) is 0 Å². The fourth-order valence-electron chi connectivity index (χ4n) is 3.29. The average Bonchev–Trinajstić information content (AvgIpc) is 2.90. The summed E-state index contributed by atoms with van der Waals surface area (Å²) in [7, 11) is 0. The first-order chi connectivity index (χ1) is 12.8. The SMILES string of the molecule is Cc1nn(-c2ccc(Cl)cc2)c(C)c1CC(=O)N1CCO[C@H](CC(=O)O)C1. The monoisotopic (exact) mass is 391 g/mol. The van der Waals surface area contributed by atoms with Gasteiger partial charge >= 0.3 is 5.97 Å². The highest BCUT2D eigenvalue weighted by molar-refractivity contribution is 6.30. The highest BCUT2D eigenvalue weighted by Crippen LogP contribution is 2.21. The summed E-state index contributed by atoms with van der Waals surface area (Å²) in [4.78, 5) is 25.3. The van der Waals surface area contributed by atoms with Gasteiger partial charge < -0.3 is 14.7 Å². The Kier molecular flexibility index (Phi) is 5.82. The van der Waals surface area contributed by atoms with Gasteiger partial charge in [-0.05, 0) is 38.1 Å². The third-order valence-corrected chi connectivity index (χ3v) is 4.99. The summed E-state index contributed by atoms with van der Waals surface area (Å²) < 4.78 is 7.24. The van der Waals surface area contributed by atoms with Crippen LogP contribution in [0.1, 0.15) is 23.4 Å². The number of carbonyl (C=O) groups is 2. The minimum Gasteiger partial charge on any atom is -0.481 e. The summed E-state index contributed by atoms with van der Waals surface area (Å²) in [5, 5.41) is 14.1. The normalized spacial score (nSPS) is 17.1. The van der Waals surface area contributed by atoms with Gasteiger partial charge in [0.2, 0.25) is 5.91 Å². The zero-order chi connectivity index (χ0) is 19.6. The molecule has 1 saturated heterocycles. The number of ether oxygens (including phenoxy) is 1. The van der Waals surface area contributed by atoms with Crippen LogP contribution in [-0.4, -0.2) is 57.5 Å². The number of amides is 1. The Morgan fingerprint density at radius 2 is 2.00 bits per heavy atom. The van der Waals surface area contributed by atoms with Crippen LogP contribution >= 0.6 is 11.6 Å². The van der Waals surface area contributed by atoms with Gasteiger partial charge in [0, 0.05) is 29.4 Å². The van der Waals surface area contributed by atoms with E-state index in [9.17, 15) is 9.59 Å². The van der Waals surface area contributed by atoms with Gasteiger partial charge in [-0.1, -0.05) is 11.6 Å². The molecule has 27 heavy (non-hydrogen) atoms. The second-order valence-electron chi connectivity index (χ2n) is 6.64. The van der Waals surface area contributed by atoms with E-state index in [1.54, 1.807) is 21.7 Å². The molecular weight excluding hydrogens is 370 g/mol. The summed E-state index contributed by atoms with van der Waals surface area (Å²) in [5.74, 6) is -0.972. The van der Waals surface area contributed by atoms with Crippen LogP contribution in [0.4, 0.5) is 0 Å². The second-order valence-corrected chi connectivity index (χ2v) is 7.08. The van der Waals surface area contributed by atoms with Crippen LogP contribution < -0.4 is 0 Å². The fraction of sp³-hybridized carbons (Fsp3) is 0.421. The molecule has 3 rings (SSSR count). The molecule has 1 fully saturated rings. The lowest BCUT2D eigenvalue weighted by Crippen LogP contribution is -2.46. The van der Waals surface area contributed by atoms with Crippen molar-refractivity contribution in [3.05, 3.63) is 46.2 Å². The standard InChI is InChI=1S/C19H22ClN3O4/c1-12-17(13(2)23(21-12)15-5-3-14(20)4-6-15)10-18(24)22-7-8-27-16(11-22)9-19(25)26/h3-6,16H,7-11H2,1-2H3,(H,25,26)/t16-/m1/s1. The van der Waals surface area contributed by atoms with Crippen LogP contribution in [0.15, 0.2) is 24.3 Å². The van der Waals surface area contributed by atoms with Crippen molar-refractivity contribution in [3.63, 3.8) is 0 Å². The number of aryl methyl sites for hydroxylation is 1. The number of rotatable bonds is 5. The Morgan fingerprint density at radius 3 is 2.67 bits per heavy atom. The Balaban J connectivity index is 1.74. The molecule has 0 unspecified atom stereocenters. The maximum atomic E-state index is 12.8. The van der Waals surface area contributed by atoms with E-state index in [0.717, 1.165) is 22.6 Å². The molecule has 7 nitrogen and oxygen atoms in total. The molecule has 1 aromatic carbocycles. The van der Waals surface area contributed by atoms with Crippen molar-refractivity contribution in [1.29, 1.82) is 0 Å². The largest absolute Gasteiger partial charge is 0.481 e. The molecule has 8 heteroatoms. The molecule has 2 heterocycles. The van der Waals surface area contributed by atoms with Gasteiger partial charge in [-0.3, -0.25) is 9.59 Å². The number of aliphatic carboxylic acids is 1. The molecule has 2 aromatic rings. The van der Waals surface area contributed by atoms with Crippen LogP contribution in [0.5, 0.6) is 0 Å². The highest BCUT2D eigenvalue weighted by atomic mass is 35.5. The van der Waals surface area contributed by atoms with Gasteiger partial charge in [0.05, 0.1) is 36.9 Å². The summed E-state index contributed by atoms with van der Waals surface area (Å²) in [6.45, 7) is 4.94. The van der Waals surface area contributed by atoms with E-state index in [4.69, 9.17) is 21.4 Å². The number of nitrogens with zero attached hydrogens (tertiary/aromatic N) is 3. The van der Waals surface area contributed by atoms with Crippen molar-refractivity contribution in [2.45, 2.75) is 32.8 Å². The van der Waals surface area contributed by atoms with Crippen molar-refractivity contribution in [3.8, 4) is 5.69 Å². The summed E-state index contributed by atoms with van der Waals surface area (Å²) in [6, 6.07) is 7.36. The number of morpholine rings is 1. The summed E-state index contributed by atoms with van der Waals surface area (Å²) in [5.41, 5.74) is 3.47. The molecule has 1 amide bonds. The van der Waals surface area contributed by atoms with Gasteiger partial charge in [-0.2, -0.15) is 5.10 Å². The van der Waals surface area contributed by atoms with E-state index in [1.807, 2.05) is 26.0 Å². The molecular formula is C19H22ClN3O4. The van der Waals surface area contributed by atoms with Crippen LogP contribution in [0, 0.1) is 13.8 Å². The van der Waals surface area contributed by atoms with E-state index in [-0.39, 0.29) is 18.7 Å². The molecule has 144 valence electrons. The maximum absolute atomic E-state index is 12.8. The van der Waals surface area contributed by atoms with E-state index in [2.05, 4.69) is 5.10 Å². The molecule has 0 aliphatic carbocycles. The number of halogens is 1. The Morgan fingerprint density at radius 1 is 1.30 bits per heavy atom. The molecule has 1 aliphatic rings. The average molecular weight is 392 g/mol. The van der Waals surface area contributed by atoms with Crippen LogP contribution in [0.3, 0.4) is 0 Å². The topological polar surface area (TPSA) is 84.7 Å². The zero-order valence-corrected chi connectivity index (χ0v) is 16.1. The highest BCUT2D eigenvalue weighted by Gasteiger charge is 2.27. The van der Waals surface area contributed by atoms with Crippen molar-refractivity contribution in [1.82, 2.24) is 14.7 Å². The van der Waals surface area contributed by atoms with Crippen LogP contribution in [0.25, 0.3) is 5.69 Å². The first-order valence-electron chi connectivity index (χ1n) is 8.77. The van der Waals surface area contributed by atoms with Crippen molar-refractivity contribution < 1.29 is 19.4 Å². The third-order valence-electron chi connectivity index (χ3n) is 4.73. The Labute approximate surface area is 162 Å². The number of benzene rings is 1. The second kappa shape index (κ2) is 8.10. The van der Waals surface area contributed by atoms with Gasteiger partial charge in [-0.15, -0.1) is 0 Å². The van der Waals surface area contributed by atoms with Crippen molar-refractivity contribution >= 4 is 23.5 Å². The van der Waals surface area contributed by atoms with E-state index in [1.165, 1.54) is 0 Å². The lowest BCUT2D eigenvalue weighted by atomic mass is 10.1.